The lowest BCUT2D eigenvalue weighted by Crippen LogP contribution is -2.45. The van der Waals surface area contributed by atoms with Gasteiger partial charge in [-0.1, -0.05) is 60.7 Å². The Balaban J connectivity index is 1.61. The van der Waals surface area contributed by atoms with Gasteiger partial charge in [0.2, 0.25) is 11.8 Å². The van der Waals surface area contributed by atoms with E-state index in [2.05, 4.69) is 29.2 Å². The summed E-state index contributed by atoms with van der Waals surface area (Å²) in [6.45, 7) is 1.03. The van der Waals surface area contributed by atoms with Gasteiger partial charge in [0.15, 0.2) is 0 Å². The van der Waals surface area contributed by atoms with Crippen LogP contribution in [0.1, 0.15) is 17.5 Å². The molecule has 1 aromatic heterocycles. The van der Waals surface area contributed by atoms with Crippen molar-refractivity contribution in [1.29, 1.82) is 0 Å². The van der Waals surface area contributed by atoms with Crippen LogP contribution in [0.5, 0.6) is 0 Å². The first-order valence-electron chi connectivity index (χ1n) is 11.0. The molecule has 0 aliphatic carbocycles. The first kappa shape index (κ1) is 21.8. The first-order valence-corrected chi connectivity index (χ1v) is 11.0. The Morgan fingerprint density at radius 3 is 2.47 bits per heavy atom. The summed E-state index contributed by atoms with van der Waals surface area (Å²) in [6, 6.07) is 22.3. The molecule has 1 aliphatic rings. The van der Waals surface area contributed by atoms with Crippen molar-refractivity contribution in [2.24, 2.45) is 5.41 Å². The van der Waals surface area contributed by atoms with Crippen molar-refractivity contribution in [2.45, 2.75) is 19.3 Å². The van der Waals surface area contributed by atoms with Gasteiger partial charge in [-0.25, -0.2) is 0 Å². The molecule has 0 bridgehead atoms. The lowest BCUT2D eigenvalue weighted by molar-refractivity contribution is -0.139. The smallest absolute Gasteiger partial charge is 0.230 e. The van der Waals surface area contributed by atoms with Crippen LogP contribution in [0.4, 0.5) is 0 Å². The van der Waals surface area contributed by atoms with E-state index in [0.717, 1.165) is 22.3 Å². The van der Waals surface area contributed by atoms with Gasteiger partial charge in [-0.05, 0) is 41.2 Å². The van der Waals surface area contributed by atoms with Crippen molar-refractivity contribution >= 4 is 11.8 Å². The van der Waals surface area contributed by atoms with E-state index >= 15 is 0 Å². The number of nitrogens with zero attached hydrogens (tertiary/aromatic N) is 3. The Bertz CT molecular complexity index is 1080. The molecule has 1 atom stereocenters. The molecule has 0 saturated carbocycles. The molecule has 2 amide bonds. The molecule has 0 radical (unpaired) electrons. The van der Waals surface area contributed by atoms with Gasteiger partial charge in [0.1, 0.15) is 0 Å². The summed E-state index contributed by atoms with van der Waals surface area (Å²) in [6.07, 6.45) is 5.00. The molecular weight excluding hydrogens is 398 g/mol. The molecule has 3 aromatic rings. The summed E-state index contributed by atoms with van der Waals surface area (Å²) in [5, 5.41) is 0. The zero-order chi connectivity index (χ0) is 22.6. The Labute approximate surface area is 189 Å². The third kappa shape index (κ3) is 4.57. The van der Waals surface area contributed by atoms with Gasteiger partial charge in [-0.2, -0.15) is 0 Å². The molecule has 2 heterocycles. The van der Waals surface area contributed by atoms with Gasteiger partial charge in [0.05, 0.1) is 11.8 Å². The van der Waals surface area contributed by atoms with Gasteiger partial charge in [0.25, 0.3) is 0 Å². The number of pyridine rings is 1. The van der Waals surface area contributed by atoms with Gasteiger partial charge in [-0.15, -0.1) is 0 Å². The summed E-state index contributed by atoms with van der Waals surface area (Å²) in [5.41, 5.74) is 3.68. The largest absolute Gasteiger partial charge is 0.348 e. The Kier molecular flexibility index (Phi) is 6.35. The van der Waals surface area contributed by atoms with Crippen molar-refractivity contribution in [2.75, 3.05) is 27.2 Å². The fourth-order valence-electron chi connectivity index (χ4n) is 4.68. The van der Waals surface area contributed by atoms with Crippen LogP contribution in [0.15, 0.2) is 79.1 Å². The third-order valence-electron chi connectivity index (χ3n) is 6.28. The van der Waals surface area contributed by atoms with E-state index in [-0.39, 0.29) is 11.8 Å². The standard InChI is InChI=1S/C27H29N3O2/c1-29(2)26(32)27(14-16-30(20-27)25(31)17-21-9-8-15-28-19-21)18-23-12-6-7-13-24(23)22-10-4-3-5-11-22/h3-13,15,19H,14,16-18,20H2,1-2H3/t27-/m1/s1. The number of benzene rings is 2. The number of aromatic nitrogens is 1. The highest BCUT2D eigenvalue weighted by atomic mass is 16.2. The summed E-state index contributed by atoms with van der Waals surface area (Å²) in [5.74, 6) is 0.125. The zero-order valence-electron chi connectivity index (χ0n) is 18.7. The normalized spacial score (nSPS) is 17.9. The SMILES string of the molecule is CN(C)C(=O)[C@@]1(Cc2ccccc2-c2ccccc2)CCN(C(=O)Cc2cccnc2)C1. The molecule has 1 fully saturated rings. The van der Waals surface area contributed by atoms with E-state index in [1.165, 1.54) is 0 Å². The van der Waals surface area contributed by atoms with Gasteiger partial charge >= 0.3 is 0 Å². The lowest BCUT2D eigenvalue weighted by Gasteiger charge is -2.32. The quantitative estimate of drug-likeness (QED) is 0.601. The zero-order valence-corrected chi connectivity index (χ0v) is 18.7. The fourth-order valence-corrected chi connectivity index (χ4v) is 4.68. The third-order valence-corrected chi connectivity index (χ3v) is 6.28. The second-order valence-electron chi connectivity index (χ2n) is 8.78. The summed E-state index contributed by atoms with van der Waals surface area (Å²) < 4.78 is 0. The minimum Gasteiger partial charge on any atom is -0.348 e. The number of hydrogen-bond acceptors (Lipinski definition) is 3. The van der Waals surface area contributed by atoms with Crippen LogP contribution in [0.25, 0.3) is 11.1 Å². The van der Waals surface area contributed by atoms with Crippen molar-refractivity contribution in [3.63, 3.8) is 0 Å². The maximum absolute atomic E-state index is 13.4. The van der Waals surface area contributed by atoms with E-state index in [1.807, 2.05) is 47.4 Å². The number of amides is 2. The van der Waals surface area contributed by atoms with Crippen LogP contribution in [0, 0.1) is 5.41 Å². The van der Waals surface area contributed by atoms with Gasteiger partial charge in [0, 0.05) is 39.6 Å². The van der Waals surface area contributed by atoms with E-state index in [9.17, 15) is 9.59 Å². The molecule has 5 nitrogen and oxygen atoms in total. The Hall–Kier alpha value is -3.47. The number of hydrogen-bond donors (Lipinski definition) is 0. The number of carbonyl (C=O) groups is 2. The van der Waals surface area contributed by atoms with Crippen molar-refractivity contribution in [3.8, 4) is 11.1 Å². The van der Waals surface area contributed by atoms with Crippen LogP contribution in [-0.2, 0) is 22.4 Å². The van der Waals surface area contributed by atoms with Crippen LogP contribution in [-0.4, -0.2) is 53.8 Å². The average molecular weight is 428 g/mol. The molecule has 32 heavy (non-hydrogen) atoms. The van der Waals surface area contributed by atoms with Crippen molar-refractivity contribution in [3.05, 3.63) is 90.3 Å². The highest BCUT2D eigenvalue weighted by Gasteiger charge is 2.46. The maximum atomic E-state index is 13.4. The highest BCUT2D eigenvalue weighted by molar-refractivity contribution is 5.86. The monoisotopic (exact) mass is 427 g/mol. The predicted molar refractivity (Wildman–Crippen MR) is 126 cm³/mol. The predicted octanol–water partition coefficient (Wildman–Crippen LogP) is 3.84. The van der Waals surface area contributed by atoms with E-state index in [1.54, 1.807) is 31.4 Å². The van der Waals surface area contributed by atoms with E-state index in [4.69, 9.17) is 0 Å². The summed E-state index contributed by atoms with van der Waals surface area (Å²) >= 11 is 0. The number of rotatable bonds is 6. The Morgan fingerprint density at radius 2 is 1.75 bits per heavy atom. The van der Waals surface area contributed by atoms with Gasteiger partial charge < -0.3 is 9.80 Å². The minimum absolute atomic E-state index is 0.0442. The highest BCUT2D eigenvalue weighted by Crippen LogP contribution is 2.38. The van der Waals surface area contributed by atoms with E-state index < -0.39 is 5.41 Å². The molecule has 0 spiro atoms. The van der Waals surface area contributed by atoms with Crippen molar-refractivity contribution in [1.82, 2.24) is 14.8 Å². The summed E-state index contributed by atoms with van der Waals surface area (Å²) in [4.78, 5) is 34.1. The lowest BCUT2D eigenvalue weighted by atomic mass is 9.77. The Morgan fingerprint density at radius 1 is 1.00 bits per heavy atom. The fraction of sp³-hybridized carbons (Fsp3) is 0.296. The van der Waals surface area contributed by atoms with Crippen LogP contribution in [0.2, 0.25) is 0 Å². The van der Waals surface area contributed by atoms with Crippen molar-refractivity contribution < 1.29 is 9.59 Å². The molecule has 1 saturated heterocycles. The van der Waals surface area contributed by atoms with Gasteiger partial charge in [-0.3, -0.25) is 14.6 Å². The molecule has 0 unspecified atom stereocenters. The molecule has 1 aliphatic heterocycles. The minimum atomic E-state index is -0.626. The number of carbonyl (C=O) groups excluding carboxylic acids is 2. The van der Waals surface area contributed by atoms with Crippen LogP contribution < -0.4 is 0 Å². The average Bonchev–Trinajstić information content (AvgIpc) is 3.25. The second kappa shape index (κ2) is 9.35. The van der Waals surface area contributed by atoms with Crippen LogP contribution >= 0.6 is 0 Å². The van der Waals surface area contributed by atoms with Crippen LogP contribution in [0.3, 0.4) is 0 Å². The maximum Gasteiger partial charge on any atom is 0.230 e. The number of likely N-dealkylation sites (tertiary alicyclic amines) is 1. The molecule has 5 heteroatoms. The van der Waals surface area contributed by atoms with E-state index in [0.29, 0.717) is 32.4 Å². The second-order valence-corrected chi connectivity index (χ2v) is 8.78. The molecule has 4 rings (SSSR count). The molecule has 2 aromatic carbocycles. The molecular formula is C27H29N3O2. The topological polar surface area (TPSA) is 53.5 Å². The molecule has 164 valence electrons. The summed E-state index contributed by atoms with van der Waals surface area (Å²) in [7, 11) is 3.60. The molecule has 0 N–H and O–H groups in total. The first-order chi connectivity index (χ1) is 15.5.